The maximum Gasteiger partial charge on any atom is 0.408 e. The van der Waals surface area contributed by atoms with Crippen LogP contribution in [0.2, 0.25) is 0 Å². The molecule has 8 nitrogen and oxygen atoms in total. The van der Waals surface area contributed by atoms with Crippen LogP contribution in [0.4, 0.5) is 4.79 Å². The van der Waals surface area contributed by atoms with Crippen molar-refractivity contribution in [3.8, 4) is 0 Å². The van der Waals surface area contributed by atoms with Gasteiger partial charge >= 0.3 is 12.1 Å². The SMILES string of the molecule is CCC(=O)C(NC(=O)[C@H](CC(C)C)NC(=O)OC(C)(C)C)OC(C)=O. The van der Waals surface area contributed by atoms with Crippen LogP contribution in [0.3, 0.4) is 0 Å². The van der Waals surface area contributed by atoms with Gasteiger partial charge < -0.3 is 20.1 Å². The van der Waals surface area contributed by atoms with Gasteiger partial charge in [0.2, 0.25) is 12.1 Å². The standard InChI is InChI=1S/C17H30N2O6/c1-8-13(21)15(24-11(4)20)19-14(22)12(9-10(2)3)18-16(23)25-17(5,6)7/h10,12,15H,8-9H2,1-7H3,(H,18,23)(H,19,22)/t12-,15?/m0/s1. The van der Waals surface area contributed by atoms with Gasteiger partial charge in [0.05, 0.1) is 0 Å². The van der Waals surface area contributed by atoms with Gasteiger partial charge in [-0.1, -0.05) is 20.8 Å². The number of amides is 2. The van der Waals surface area contributed by atoms with Gasteiger partial charge in [0.1, 0.15) is 11.6 Å². The smallest absolute Gasteiger partial charge is 0.408 e. The number of carbonyl (C=O) groups excluding carboxylic acids is 4. The van der Waals surface area contributed by atoms with Gasteiger partial charge in [0, 0.05) is 13.3 Å². The Labute approximate surface area is 149 Å². The van der Waals surface area contributed by atoms with E-state index in [4.69, 9.17) is 9.47 Å². The Morgan fingerprint density at radius 2 is 1.60 bits per heavy atom. The van der Waals surface area contributed by atoms with Crippen LogP contribution in [0.1, 0.15) is 61.3 Å². The third-order valence-corrected chi connectivity index (χ3v) is 2.91. The summed E-state index contributed by atoms with van der Waals surface area (Å²) in [4.78, 5) is 47.4. The van der Waals surface area contributed by atoms with Crippen LogP contribution in [0, 0.1) is 5.92 Å². The zero-order chi connectivity index (χ0) is 19.8. The van der Waals surface area contributed by atoms with Crippen LogP contribution < -0.4 is 10.6 Å². The van der Waals surface area contributed by atoms with Crippen molar-refractivity contribution >= 4 is 23.8 Å². The first-order chi connectivity index (χ1) is 11.4. The van der Waals surface area contributed by atoms with Crippen molar-refractivity contribution < 1.29 is 28.7 Å². The Kier molecular flexibility index (Phi) is 9.16. The summed E-state index contributed by atoms with van der Waals surface area (Å²) >= 11 is 0. The Balaban J connectivity index is 5.10. The Hall–Kier alpha value is -2.12. The van der Waals surface area contributed by atoms with Gasteiger partial charge in [-0.2, -0.15) is 0 Å². The van der Waals surface area contributed by atoms with Crippen molar-refractivity contribution in [1.82, 2.24) is 10.6 Å². The predicted octanol–water partition coefficient (Wildman–Crippen LogP) is 1.91. The van der Waals surface area contributed by atoms with Crippen LogP contribution in [0.25, 0.3) is 0 Å². The largest absolute Gasteiger partial charge is 0.444 e. The third-order valence-electron chi connectivity index (χ3n) is 2.91. The lowest BCUT2D eigenvalue weighted by atomic mass is 10.0. The first-order valence-corrected chi connectivity index (χ1v) is 8.35. The topological polar surface area (TPSA) is 111 Å². The number of rotatable bonds is 8. The summed E-state index contributed by atoms with van der Waals surface area (Å²) in [6.45, 7) is 11.6. The van der Waals surface area contributed by atoms with Crippen molar-refractivity contribution in [3.63, 3.8) is 0 Å². The van der Waals surface area contributed by atoms with E-state index in [9.17, 15) is 19.2 Å². The van der Waals surface area contributed by atoms with E-state index >= 15 is 0 Å². The molecule has 0 rings (SSSR count). The minimum absolute atomic E-state index is 0.0898. The molecule has 144 valence electrons. The summed E-state index contributed by atoms with van der Waals surface area (Å²) in [5.74, 6) is -1.65. The minimum Gasteiger partial charge on any atom is -0.444 e. The molecule has 0 spiro atoms. The Morgan fingerprint density at radius 3 is 2.00 bits per heavy atom. The van der Waals surface area contributed by atoms with Crippen LogP contribution in [-0.2, 0) is 23.9 Å². The summed E-state index contributed by atoms with van der Waals surface area (Å²) < 4.78 is 10.0. The fourth-order valence-corrected chi connectivity index (χ4v) is 1.91. The van der Waals surface area contributed by atoms with Crippen molar-refractivity contribution in [1.29, 1.82) is 0 Å². The molecule has 2 amide bonds. The van der Waals surface area contributed by atoms with Crippen molar-refractivity contribution in [2.75, 3.05) is 0 Å². The highest BCUT2D eigenvalue weighted by atomic mass is 16.6. The Bertz CT molecular complexity index is 496. The molecule has 2 atom stereocenters. The lowest BCUT2D eigenvalue weighted by Crippen LogP contribution is -2.53. The first kappa shape index (κ1) is 22.9. The third kappa shape index (κ3) is 10.4. The molecule has 0 bridgehead atoms. The highest BCUT2D eigenvalue weighted by Crippen LogP contribution is 2.10. The fourth-order valence-electron chi connectivity index (χ4n) is 1.91. The predicted molar refractivity (Wildman–Crippen MR) is 91.6 cm³/mol. The van der Waals surface area contributed by atoms with E-state index < -0.39 is 41.6 Å². The van der Waals surface area contributed by atoms with Crippen LogP contribution >= 0.6 is 0 Å². The zero-order valence-electron chi connectivity index (χ0n) is 16.1. The Morgan fingerprint density at radius 1 is 1.04 bits per heavy atom. The number of carbonyl (C=O) groups is 4. The molecule has 0 aliphatic rings. The lowest BCUT2D eigenvalue weighted by molar-refractivity contribution is -0.157. The van der Waals surface area contributed by atoms with Crippen molar-refractivity contribution in [3.05, 3.63) is 0 Å². The number of hydrogen-bond acceptors (Lipinski definition) is 6. The molecular weight excluding hydrogens is 328 g/mol. The van der Waals surface area contributed by atoms with E-state index in [2.05, 4.69) is 10.6 Å². The number of nitrogens with one attached hydrogen (secondary N) is 2. The zero-order valence-corrected chi connectivity index (χ0v) is 16.1. The molecule has 0 heterocycles. The number of alkyl carbamates (subject to hydrolysis) is 1. The summed E-state index contributed by atoms with van der Waals surface area (Å²) in [6, 6.07) is -0.919. The van der Waals surface area contributed by atoms with E-state index in [1.165, 1.54) is 0 Å². The number of ketones is 1. The minimum atomic E-state index is -1.37. The van der Waals surface area contributed by atoms with Gasteiger partial charge in [0.15, 0.2) is 5.78 Å². The van der Waals surface area contributed by atoms with Gasteiger partial charge in [-0.25, -0.2) is 4.79 Å². The monoisotopic (exact) mass is 358 g/mol. The first-order valence-electron chi connectivity index (χ1n) is 8.35. The van der Waals surface area contributed by atoms with Crippen molar-refractivity contribution in [2.24, 2.45) is 5.92 Å². The van der Waals surface area contributed by atoms with E-state index in [1.807, 2.05) is 13.8 Å². The maximum absolute atomic E-state index is 12.5. The van der Waals surface area contributed by atoms with Crippen LogP contribution in [0.5, 0.6) is 0 Å². The molecule has 0 saturated heterocycles. The molecular formula is C17H30N2O6. The number of Topliss-reactive ketones (excluding diaryl/α,β-unsaturated/α-hetero) is 1. The molecule has 0 fully saturated rings. The highest BCUT2D eigenvalue weighted by molar-refractivity contribution is 5.92. The highest BCUT2D eigenvalue weighted by Gasteiger charge is 2.29. The lowest BCUT2D eigenvalue weighted by Gasteiger charge is -2.25. The average Bonchev–Trinajstić information content (AvgIpc) is 2.41. The summed E-state index contributed by atoms with van der Waals surface area (Å²) in [7, 11) is 0. The van der Waals surface area contributed by atoms with E-state index in [0.717, 1.165) is 6.92 Å². The molecule has 8 heteroatoms. The maximum atomic E-state index is 12.5. The average molecular weight is 358 g/mol. The fraction of sp³-hybridized carbons (Fsp3) is 0.765. The second kappa shape index (κ2) is 10.0. The second-order valence-corrected chi connectivity index (χ2v) is 7.15. The molecule has 2 N–H and O–H groups in total. The van der Waals surface area contributed by atoms with Crippen LogP contribution in [-0.4, -0.2) is 41.6 Å². The van der Waals surface area contributed by atoms with Gasteiger partial charge in [-0.05, 0) is 33.1 Å². The van der Waals surface area contributed by atoms with Gasteiger partial charge in [-0.15, -0.1) is 0 Å². The van der Waals surface area contributed by atoms with Crippen molar-refractivity contribution in [2.45, 2.75) is 79.2 Å². The summed E-state index contributed by atoms with van der Waals surface area (Å²) in [5, 5.41) is 4.87. The molecule has 0 saturated carbocycles. The molecule has 0 radical (unpaired) electrons. The molecule has 25 heavy (non-hydrogen) atoms. The molecule has 1 unspecified atom stereocenters. The van der Waals surface area contributed by atoms with Gasteiger partial charge in [0.25, 0.3) is 0 Å². The molecule has 0 aromatic heterocycles. The summed E-state index contributed by atoms with van der Waals surface area (Å²) in [5.41, 5.74) is -0.707. The number of esters is 1. The molecule has 0 aromatic carbocycles. The molecule has 0 aromatic rings. The van der Waals surface area contributed by atoms with Gasteiger partial charge in [-0.3, -0.25) is 14.4 Å². The van der Waals surface area contributed by atoms with E-state index in [1.54, 1.807) is 27.7 Å². The van der Waals surface area contributed by atoms with E-state index in [0.29, 0.717) is 6.42 Å². The van der Waals surface area contributed by atoms with Crippen LogP contribution in [0.15, 0.2) is 0 Å². The number of ether oxygens (including phenoxy) is 2. The normalized spacial score (nSPS) is 13.6. The second-order valence-electron chi connectivity index (χ2n) is 7.15. The quantitative estimate of drug-likeness (QED) is 0.506. The molecule has 0 aliphatic heterocycles. The number of hydrogen-bond donors (Lipinski definition) is 2. The molecule has 0 aliphatic carbocycles. The summed E-state index contributed by atoms with van der Waals surface area (Å²) in [6.07, 6.45) is -1.69. The van der Waals surface area contributed by atoms with E-state index in [-0.39, 0.29) is 12.3 Å².